The summed E-state index contributed by atoms with van der Waals surface area (Å²) >= 11 is 0. The summed E-state index contributed by atoms with van der Waals surface area (Å²) in [5, 5.41) is 12.6. The maximum atomic E-state index is 13.0. The zero-order valence-electron chi connectivity index (χ0n) is 31.1. The number of hydrogen-bond acceptors (Lipinski definition) is 9. The smallest absolute Gasteiger partial charge is 0.269 e. The van der Waals surface area contributed by atoms with Crippen molar-refractivity contribution in [1.82, 2.24) is 30.2 Å². The first-order valence-corrected chi connectivity index (χ1v) is 18.2. The van der Waals surface area contributed by atoms with E-state index in [4.69, 9.17) is 32.3 Å². The fourth-order valence-electron chi connectivity index (χ4n) is 6.64. The van der Waals surface area contributed by atoms with E-state index in [1.807, 2.05) is 60.9 Å². The first-order valence-electron chi connectivity index (χ1n) is 18.2. The molecule has 1 aromatic heterocycles. The molecule has 0 unspecified atom stereocenters. The van der Waals surface area contributed by atoms with Crippen molar-refractivity contribution in [2.75, 3.05) is 44.4 Å². The van der Waals surface area contributed by atoms with E-state index in [0.717, 1.165) is 48.2 Å². The molecule has 15 heteroatoms. The Morgan fingerprint density at radius 1 is 1.00 bits per heavy atom. The molecule has 7 N–H and O–H groups in total. The van der Waals surface area contributed by atoms with E-state index in [1.54, 1.807) is 32.3 Å². The Kier molecular flexibility index (Phi) is 10.7. The molecule has 7 rings (SSSR count). The molecule has 1 saturated heterocycles. The summed E-state index contributed by atoms with van der Waals surface area (Å²) in [7, 11) is 18.8. The number of benzene rings is 2. The van der Waals surface area contributed by atoms with Gasteiger partial charge in [-0.1, -0.05) is 38.1 Å². The quantitative estimate of drug-likeness (QED) is 0.114. The average molecular weight is 714 g/mol. The summed E-state index contributed by atoms with van der Waals surface area (Å²) < 4.78 is 2.05. The van der Waals surface area contributed by atoms with E-state index in [2.05, 4.69) is 20.9 Å². The van der Waals surface area contributed by atoms with Crippen LogP contribution < -0.4 is 32.3 Å². The maximum absolute atomic E-state index is 13.0. The monoisotopic (exact) mass is 714 g/mol. The molecule has 2 aliphatic heterocycles. The van der Waals surface area contributed by atoms with E-state index in [-0.39, 0.29) is 47.0 Å². The van der Waals surface area contributed by atoms with E-state index in [1.165, 1.54) is 11.0 Å². The number of nitrogens with two attached hydrogens (primary N) is 2. The van der Waals surface area contributed by atoms with Crippen molar-refractivity contribution in [2.24, 2.45) is 17.4 Å². The van der Waals surface area contributed by atoms with Crippen molar-refractivity contribution < 1.29 is 14.4 Å². The molecule has 13 nitrogen and oxygen atoms in total. The molecule has 53 heavy (non-hydrogen) atoms. The summed E-state index contributed by atoms with van der Waals surface area (Å²) in [6.07, 6.45) is 6.87. The van der Waals surface area contributed by atoms with E-state index < -0.39 is 11.2 Å². The third-order valence-electron chi connectivity index (χ3n) is 9.94. The lowest BCUT2D eigenvalue weighted by atomic mass is 9.55. The molecule has 0 bridgehead atoms. The summed E-state index contributed by atoms with van der Waals surface area (Å²) in [6.45, 7) is 5.72. The summed E-state index contributed by atoms with van der Waals surface area (Å²) in [6, 6.07) is 13.2. The van der Waals surface area contributed by atoms with Crippen LogP contribution in [0.1, 0.15) is 67.2 Å². The first-order chi connectivity index (χ1) is 25.3. The Hall–Kier alpha value is -5.17. The molecule has 3 aromatic rings. The molecular weight excluding hydrogens is 666 g/mol. The number of rotatable bonds is 11. The Morgan fingerprint density at radius 3 is 2.36 bits per heavy atom. The second-order valence-corrected chi connectivity index (χ2v) is 14.2. The van der Waals surface area contributed by atoms with Gasteiger partial charge >= 0.3 is 0 Å². The lowest BCUT2D eigenvalue weighted by Crippen LogP contribution is -2.59. The van der Waals surface area contributed by atoms with Gasteiger partial charge in [0.2, 0.25) is 5.91 Å². The molecule has 2 aliphatic carbocycles. The van der Waals surface area contributed by atoms with Crippen LogP contribution in [-0.4, -0.2) is 93.3 Å². The van der Waals surface area contributed by atoms with Crippen LogP contribution in [0.25, 0.3) is 11.1 Å². The number of carbonyl (C=O) groups is 3. The predicted molar refractivity (Wildman–Crippen MR) is 209 cm³/mol. The number of nitrogens with one attached hydrogen (secondary N) is 3. The zero-order chi connectivity index (χ0) is 38.2. The van der Waals surface area contributed by atoms with Gasteiger partial charge in [-0.15, -0.1) is 0 Å². The van der Waals surface area contributed by atoms with Crippen LogP contribution in [-0.2, 0) is 21.5 Å². The highest BCUT2D eigenvalue weighted by atomic mass is 16.2. The number of hydrogen-bond donors (Lipinski definition) is 5. The average Bonchev–Trinajstić information content (AvgIpc) is 4.06. The van der Waals surface area contributed by atoms with Gasteiger partial charge in [-0.3, -0.25) is 19.1 Å². The van der Waals surface area contributed by atoms with Crippen LogP contribution in [0.5, 0.6) is 0 Å². The topological polar surface area (TPSA) is 167 Å². The van der Waals surface area contributed by atoms with Gasteiger partial charge in [0.15, 0.2) is 0 Å². The number of amides is 3. The number of para-hydroxylation sites is 1. The standard InChI is InChI=1S/C36H42B2N10O3.C2H6/c1-45(2)35(51)21-6-4-7-22(14-21)36(37,38)47-17-24(18-47)48-29-19-46(3)32-25(26(29)16-41-48)8-5-9-27(32)43-28(31(40)34(50)42-23-12-13-23)15-30(39)44-33(49)20-10-11-20;1-2/h4-9,14-16,20,23-24,43H,10-13,17-19,39-40H2,1-3H3,(H,42,50)(H,44,49);1-2H3/b30-15+,31-28+;. The largest absolute Gasteiger partial charge is 0.393 e. The fourth-order valence-corrected chi connectivity index (χ4v) is 6.64. The van der Waals surface area contributed by atoms with Crippen molar-refractivity contribution in [1.29, 1.82) is 0 Å². The number of allylic oxidation sites excluding steroid dienone is 1. The molecule has 3 heterocycles. The van der Waals surface area contributed by atoms with Crippen molar-refractivity contribution in [3.8, 4) is 11.1 Å². The molecule has 0 atom stereocenters. The normalized spacial score (nSPS) is 17.6. The van der Waals surface area contributed by atoms with E-state index in [9.17, 15) is 14.4 Å². The zero-order valence-corrected chi connectivity index (χ0v) is 31.1. The second-order valence-electron chi connectivity index (χ2n) is 14.2. The van der Waals surface area contributed by atoms with Gasteiger partial charge in [0, 0.05) is 69.0 Å². The van der Waals surface area contributed by atoms with Crippen molar-refractivity contribution >= 4 is 44.8 Å². The van der Waals surface area contributed by atoms with Crippen molar-refractivity contribution in [3.63, 3.8) is 0 Å². The highest BCUT2D eigenvalue weighted by Crippen LogP contribution is 2.45. The van der Waals surface area contributed by atoms with Gasteiger partial charge in [-0.25, -0.2) is 0 Å². The van der Waals surface area contributed by atoms with Crippen LogP contribution in [0, 0.1) is 5.92 Å². The molecule has 3 amide bonds. The minimum Gasteiger partial charge on any atom is -0.393 e. The van der Waals surface area contributed by atoms with Crippen LogP contribution in [0.4, 0.5) is 11.4 Å². The number of anilines is 2. The van der Waals surface area contributed by atoms with Gasteiger partial charge < -0.3 is 42.1 Å². The van der Waals surface area contributed by atoms with Gasteiger partial charge in [-0.05, 0) is 54.8 Å². The first kappa shape index (κ1) is 37.6. The molecule has 4 radical (unpaired) electrons. The summed E-state index contributed by atoms with van der Waals surface area (Å²) in [5.41, 5.74) is 18.7. The fraction of sp³-hybridized carbons (Fsp3) is 0.421. The third-order valence-corrected chi connectivity index (χ3v) is 9.94. The molecule has 2 saturated carbocycles. The lowest BCUT2D eigenvalue weighted by molar-refractivity contribution is -0.121. The van der Waals surface area contributed by atoms with Crippen LogP contribution >= 0.6 is 0 Å². The Balaban J connectivity index is 0.00000236. The van der Waals surface area contributed by atoms with E-state index in [0.29, 0.717) is 36.4 Å². The number of likely N-dealkylation sites (tertiary alicyclic amines) is 1. The van der Waals surface area contributed by atoms with E-state index >= 15 is 0 Å². The van der Waals surface area contributed by atoms with Crippen molar-refractivity contribution in [3.05, 3.63) is 88.8 Å². The highest BCUT2D eigenvalue weighted by Gasteiger charge is 2.41. The highest BCUT2D eigenvalue weighted by molar-refractivity contribution is 6.39. The number of fused-ring (bicyclic) bond motifs is 3. The van der Waals surface area contributed by atoms with Crippen LogP contribution in [0.3, 0.4) is 0 Å². The third kappa shape index (κ3) is 7.80. The lowest BCUT2D eigenvalue weighted by Gasteiger charge is -2.51. The SMILES string of the molecule is CC.[B]C([B])(c1cccc(C(=O)N(C)C)c1)N1CC(n2ncc3c2CN(C)c2c(NC(/C=C(\N)NC(=O)C4CC4)=C(/N)C(=O)NC4CC4)cccc2-3)C1. The maximum Gasteiger partial charge on any atom is 0.269 e. The second kappa shape index (κ2) is 15.1. The number of carbonyl (C=O) groups excluding carboxylic acids is 3. The molecule has 2 aromatic carbocycles. The van der Waals surface area contributed by atoms with Gasteiger partial charge in [0.25, 0.3) is 11.8 Å². The van der Waals surface area contributed by atoms with Crippen LogP contribution in [0.2, 0.25) is 0 Å². The summed E-state index contributed by atoms with van der Waals surface area (Å²) in [4.78, 5) is 43.6. The Morgan fingerprint density at radius 2 is 1.70 bits per heavy atom. The number of aromatic nitrogens is 2. The molecule has 4 aliphatic rings. The van der Waals surface area contributed by atoms with Crippen molar-refractivity contribution in [2.45, 2.75) is 63.5 Å². The Bertz CT molecular complexity index is 1960. The predicted octanol–water partition coefficient (Wildman–Crippen LogP) is 2.42. The van der Waals surface area contributed by atoms with Gasteiger partial charge in [-0.2, -0.15) is 5.10 Å². The molecular formula is C38H48B2N10O3. The van der Waals surface area contributed by atoms with Gasteiger partial charge in [0.1, 0.15) is 11.5 Å². The summed E-state index contributed by atoms with van der Waals surface area (Å²) in [5.74, 6) is -0.600. The molecule has 0 spiro atoms. The Labute approximate surface area is 314 Å². The molecule has 3 fully saturated rings. The van der Waals surface area contributed by atoms with Gasteiger partial charge in [0.05, 0.1) is 57.2 Å². The van der Waals surface area contributed by atoms with Crippen LogP contribution in [0.15, 0.2) is 72.0 Å². The number of nitrogens with zero attached hydrogens (tertiary/aromatic N) is 5. The molecule has 274 valence electrons. The minimum absolute atomic E-state index is 0.0310. The minimum atomic E-state index is -1.27.